The minimum absolute atomic E-state index is 0. The molecule has 1 unspecified atom stereocenters. The van der Waals surface area contributed by atoms with Gasteiger partial charge in [-0.15, -0.1) is 12.4 Å². The maximum absolute atomic E-state index is 10.8. The third-order valence-electron chi connectivity index (χ3n) is 2.66. The van der Waals surface area contributed by atoms with E-state index in [1.54, 1.807) is 6.92 Å². The first kappa shape index (κ1) is 20.5. The van der Waals surface area contributed by atoms with Crippen molar-refractivity contribution in [2.24, 2.45) is 5.73 Å². The van der Waals surface area contributed by atoms with Gasteiger partial charge >= 0.3 is 5.97 Å². The van der Waals surface area contributed by atoms with Crippen LogP contribution in [0.4, 0.5) is 0 Å². The molecular weight excluding hydrogens is 322 g/mol. The van der Waals surface area contributed by atoms with E-state index in [4.69, 9.17) is 10.5 Å². The van der Waals surface area contributed by atoms with Gasteiger partial charge in [0.15, 0.2) is 0 Å². The van der Waals surface area contributed by atoms with Gasteiger partial charge in [-0.2, -0.15) is 10.9 Å². The lowest BCUT2D eigenvalue weighted by Gasteiger charge is -2.12. The number of amides is 1. The highest BCUT2D eigenvalue weighted by molar-refractivity contribution is 8.20. The SMILES string of the molecule is CCC(=O)OC(C)C.Cl.NC(=O)C[SH]1C=Cc2ccccc21. The second-order valence-corrected chi connectivity index (χ2v) is 6.90. The van der Waals surface area contributed by atoms with E-state index in [0.29, 0.717) is 12.2 Å². The highest BCUT2D eigenvalue weighted by atomic mass is 35.5. The van der Waals surface area contributed by atoms with Crippen molar-refractivity contribution in [2.45, 2.75) is 38.2 Å². The molecule has 1 aromatic carbocycles. The average molecular weight is 346 g/mol. The van der Waals surface area contributed by atoms with Crippen molar-refractivity contribution in [2.75, 3.05) is 5.75 Å². The fourth-order valence-electron chi connectivity index (χ4n) is 1.79. The Kier molecular flexibility index (Phi) is 9.61. The summed E-state index contributed by atoms with van der Waals surface area (Å²) in [5, 5.41) is 2.10. The summed E-state index contributed by atoms with van der Waals surface area (Å²) in [5.41, 5.74) is 6.40. The fourth-order valence-corrected chi connectivity index (χ4v) is 3.66. The van der Waals surface area contributed by atoms with Gasteiger partial charge in [0.25, 0.3) is 0 Å². The van der Waals surface area contributed by atoms with Gasteiger partial charge in [-0.3, -0.25) is 9.59 Å². The van der Waals surface area contributed by atoms with Gasteiger partial charge < -0.3 is 10.5 Å². The van der Waals surface area contributed by atoms with Gasteiger partial charge in [-0.25, -0.2) is 0 Å². The summed E-state index contributed by atoms with van der Waals surface area (Å²) in [5.74, 6) is 0.135. The minimum Gasteiger partial charge on any atom is -0.463 e. The first-order chi connectivity index (χ1) is 9.93. The Morgan fingerprint density at radius 2 is 1.91 bits per heavy atom. The number of fused-ring (bicyclic) bond motifs is 1. The topological polar surface area (TPSA) is 69.4 Å². The Bertz CT molecular complexity index is 532. The molecule has 1 aliphatic heterocycles. The van der Waals surface area contributed by atoms with E-state index in [-0.39, 0.29) is 30.4 Å². The molecule has 0 spiro atoms. The number of halogens is 1. The number of carbonyl (C=O) groups is 2. The number of carbonyl (C=O) groups excluding carboxylic acids is 2. The summed E-state index contributed by atoms with van der Waals surface area (Å²) in [7, 11) is -0.456. The van der Waals surface area contributed by atoms with Crippen molar-refractivity contribution < 1.29 is 14.3 Å². The van der Waals surface area contributed by atoms with Crippen LogP contribution in [0.2, 0.25) is 0 Å². The summed E-state index contributed by atoms with van der Waals surface area (Å²) in [6.45, 7) is 5.46. The van der Waals surface area contributed by atoms with Crippen molar-refractivity contribution in [3.63, 3.8) is 0 Å². The largest absolute Gasteiger partial charge is 0.463 e. The van der Waals surface area contributed by atoms with Crippen molar-refractivity contribution in [1.29, 1.82) is 0 Å². The van der Waals surface area contributed by atoms with Crippen molar-refractivity contribution in [3.05, 3.63) is 35.2 Å². The van der Waals surface area contributed by atoms with Gasteiger partial charge in [0, 0.05) is 6.42 Å². The Balaban J connectivity index is 0.000000432. The minimum atomic E-state index is -0.456. The number of rotatable bonds is 4. The zero-order chi connectivity index (χ0) is 15.8. The number of esters is 1. The summed E-state index contributed by atoms with van der Waals surface area (Å²) in [6.07, 6.45) is 2.57. The molecular formula is C16H24ClNO3S. The first-order valence-electron chi connectivity index (χ1n) is 6.95. The maximum atomic E-state index is 10.8. The van der Waals surface area contributed by atoms with Gasteiger partial charge in [-0.05, 0) is 41.9 Å². The second kappa shape index (κ2) is 10.3. The van der Waals surface area contributed by atoms with E-state index >= 15 is 0 Å². The highest BCUT2D eigenvalue weighted by Crippen LogP contribution is 2.45. The van der Waals surface area contributed by atoms with Crippen molar-refractivity contribution >= 4 is 41.3 Å². The molecule has 0 bridgehead atoms. The van der Waals surface area contributed by atoms with E-state index in [0.717, 1.165) is 0 Å². The zero-order valence-electron chi connectivity index (χ0n) is 13.1. The third kappa shape index (κ3) is 7.00. The molecule has 2 N–H and O–H groups in total. The number of benzene rings is 1. The van der Waals surface area contributed by atoms with Crippen LogP contribution >= 0.6 is 23.3 Å². The Labute approximate surface area is 140 Å². The molecule has 0 radical (unpaired) electrons. The third-order valence-corrected chi connectivity index (χ3v) is 4.85. The smallest absolute Gasteiger partial charge is 0.305 e. The molecule has 2 rings (SSSR count). The quantitative estimate of drug-likeness (QED) is 0.650. The van der Waals surface area contributed by atoms with Crippen LogP contribution in [0.15, 0.2) is 34.6 Å². The first-order valence-corrected chi connectivity index (χ1v) is 8.55. The maximum Gasteiger partial charge on any atom is 0.305 e. The van der Waals surface area contributed by atoms with Crippen molar-refractivity contribution in [3.8, 4) is 0 Å². The predicted molar refractivity (Wildman–Crippen MR) is 95.6 cm³/mol. The normalized spacial score (nSPS) is 16.1. The molecule has 0 fully saturated rings. The van der Waals surface area contributed by atoms with E-state index in [2.05, 4.69) is 23.6 Å². The number of ether oxygens (including phenoxy) is 1. The summed E-state index contributed by atoms with van der Waals surface area (Å²) in [6, 6.07) is 8.15. The fraction of sp³-hybridized carbons (Fsp3) is 0.375. The molecule has 0 saturated heterocycles. The average Bonchev–Trinajstić information content (AvgIpc) is 2.81. The number of hydrogen-bond acceptors (Lipinski definition) is 3. The Hall–Kier alpha value is -1.46. The summed E-state index contributed by atoms with van der Waals surface area (Å²) in [4.78, 5) is 22.4. The lowest BCUT2D eigenvalue weighted by atomic mass is 10.2. The Morgan fingerprint density at radius 3 is 2.41 bits per heavy atom. The Morgan fingerprint density at radius 1 is 1.27 bits per heavy atom. The van der Waals surface area contributed by atoms with Gasteiger partial charge in [-0.1, -0.05) is 25.1 Å². The van der Waals surface area contributed by atoms with Crippen LogP contribution in [0.1, 0.15) is 32.8 Å². The number of nitrogens with two attached hydrogens (primary N) is 1. The second-order valence-electron chi connectivity index (χ2n) is 4.86. The summed E-state index contributed by atoms with van der Waals surface area (Å²) >= 11 is 0. The van der Waals surface area contributed by atoms with Gasteiger partial charge in [0.05, 0.1) is 11.9 Å². The monoisotopic (exact) mass is 345 g/mol. The standard InChI is InChI=1S/C10H11NOS.C6H12O2.ClH/c11-10(12)7-13-6-5-8-3-1-2-4-9(8)13;1-4-6(7)8-5(2)3;/h1-6,13H,7H2,(H2,11,12);5H,4H2,1-3H3;1H. The van der Waals surface area contributed by atoms with Crippen molar-refractivity contribution in [1.82, 2.24) is 0 Å². The predicted octanol–water partition coefficient (Wildman–Crippen LogP) is 3.29. The molecule has 0 saturated carbocycles. The van der Waals surface area contributed by atoms with Gasteiger partial charge in [0.2, 0.25) is 5.91 Å². The molecule has 1 amide bonds. The number of hydrogen-bond donors (Lipinski definition) is 2. The van der Waals surface area contributed by atoms with E-state index in [1.165, 1.54) is 10.5 Å². The molecule has 0 aliphatic carbocycles. The van der Waals surface area contributed by atoms with Crippen LogP contribution in [-0.2, 0) is 14.3 Å². The van der Waals surface area contributed by atoms with E-state index < -0.39 is 10.9 Å². The van der Waals surface area contributed by atoms with Crippen LogP contribution in [0.5, 0.6) is 0 Å². The molecule has 6 heteroatoms. The van der Waals surface area contributed by atoms with Gasteiger partial charge in [0.1, 0.15) is 0 Å². The molecule has 1 atom stereocenters. The molecule has 124 valence electrons. The highest BCUT2D eigenvalue weighted by Gasteiger charge is 2.14. The molecule has 4 nitrogen and oxygen atoms in total. The zero-order valence-corrected chi connectivity index (χ0v) is 14.8. The number of thiol groups is 1. The summed E-state index contributed by atoms with van der Waals surface area (Å²) < 4.78 is 4.76. The van der Waals surface area contributed by atoms with Crippen LogP contribution in [0.25, 0.3) is 6.08 Å². The molecule has 1 aliphatic rings. The van der Waals surface area contributed by atoms with Crippen LogP contribution in [0, 0.1) is 0 Å². The van der Waals surface area contributed by atoms with Crippen LogP contribution < -0.4 is 5.73 Å². The molecule has 0 aromatic heterocycles. The molecule has 22 heavy (non-hydrogen) atoms. The lowest BCUT2D eigenvalue weighted by molar-refractivity contribution is -0.146. The van der Waals surface area contributed by atoms with E-state index in [1.807, 2.05) is 26.0 Å². The van der Waals surface area contributed by atoms with Crippen LogP contribution in [-0.4, -0.2) is 23.7 Å². The lowest BCUT2D eigenvalue weighted by Crippen LogP contribution is -2.15. The molecule has 1 aromatic rings. The van der Waals surface area contributed by atoms with Crippen LogP contribution in [0.3, 0.4) is 0 Å². The van der Waals surface area contributed by atoms with E-state index in [9.17, 15) is 9.59 Å². The number of primary amides is 1. The molecule has 1 heterocycles.